The highest BCUT2D eigenvalue weighted by molar-refractivity contribution is 5.76. The smallest absolute Gasteiger partial charge is 0.130 e. The zero-order chi connectivity index (χ0) is 9.90. The summed E-state index contributed by atoms with van der Waals surface area (Å²) < 4.78 is 0. The van der Waals surface area contributed by atoms with Gasteiger partial charge in [0.25, 0.3) is 0 Å². The third-order valence-corrected chi connectivity index (χ3v) is 2.85. The van der Waals surface area contributed by atoms with Crippen molar-refractivity contribution in [3.8, 4) is 0 Å². The molecule has 0 saturated heterocycles. The van der Waals surface area contributed by atoms with E-state index < -0.39 is 0 Å². The van der Waals surface area contributed by atoms with Crippen LogP contribution in [0.1, 0.15) is 52.9 Å². The molecule has 0 atom stereocenters. The lowest BCUT2D eigenvalue weighted by Gasteiger charge is -2.29. The molecule has 0 fully saturated rings. The Morgan fingerprint density at radius 2 is 2.15 bits per heavy atom. The van der Waals surface area contributed by atoms with Crippen LogP contribution >= 0.6 is 0 Å². The molecule has 0 saturated carbocycles. The molecule has 0 aromatic rings. The van der Waals surface area contributed by atoms with Gasteiger partial charge in [0.2, 0.25) is 0 Å². The van der Waals surface area contributed by atoms with E-state index in [-0.39, 0.29) is 5.41 Å². The van der Waals surface area contributed by atoms with Gasteiger partial charge in [-0.1, -0.05) is 25.5 Å². The van der Waals surface area contributed by atoms with E-state index >= 15 is 0 Å². The number of Topliss-reactive ketones (excluding diaryl/α,β-unsaturated/α-hetero) is 1. The SMILES string of the molecule is CC(=O)CC(C)(C)C1=CCCCC1. The van der Waals surface area contributed by atoms with E-state index in [1.54, 1.807) is 6.92 Å². The van der Waals surface area contributed by atoms with E-state index in [0.29, 0.717) is 12.2 Å². The molecule has 0 amide bonds. The van der Waals surface area contributed by atoms with Crippen molar-refractivity contribution in [3.63, 3.8) is 0 Å². The van der Waals surface area contributed by atoms with Gasteiger partial charge >= 0.3 is 0 Å². The second kappa shape index (κ2) is 4.08. The Hall–Kier alpha value is -0.590. The maximum atomic E-state index is 11.1. The van der Waals surface area contributed by atoms with E-state index in [4.69, 9.17) is 0 Å². The number of carbonyl (C=O) groups excluding carboxylic acids is 1. The van der Waals surface area contributed by atoms with Gasteiger partial charge in [0.15, 0.2) is 0 Å². The highest BCUT2D eigenvalue weighted by Crippen LogP contribution is 2.36. The van der Waals surface area contributed by atoms with Crippen molar-refractivity contribution in [1.29, 1.82) is 0 Å². The molecule has 1 nitrogen and oxygen atoms in total. The third-order valence-electron chi connectivity index (χ3n) is 2.85. The van der Waals surface area contributed by atoms with Gasteiger partial charge in [0.1, 0.15) is 5.78 Å². The minimum atomic E-state index is 0.103. The van der Waals surface area contributed by atoms with Crippen LogP contribution in [0.4, 0.5) is 0 Å². The van der Waals surface area contributed by atoms with Gasteiger partial charge in [0, 0.05) is 6.42 Å². The summed E-state index contributed by atoms with van der Waals surface area (Å²) in [4.78, 5) is 11.1. The van der Waals surface area contributed by atoms with E-state index in [1.807, 2.05) is 0 Å². The minimum absolute atomic E-state index is 0.103. The van der Waals surface area contributed by atoms with Crippen molar-refractivity contribution in [2.45, 2.75) is 52.9 Å². The number of rotatable bonds is 3. The quantitative estimate of drug-likeness (QED) is 0.607. The molecule has 1 aliphatic carbocycles. The average molecular weight is 180 g/mol. The Kier molecular flexibility index (Phi) is 3.29. The van der Waals surface area contributed by atoms with Gasteiger partial charge in [-0.3, -0.25) is 4.79 Å². The first-order valence-electron chi connectivity index (χ1n) is 5.21. The summed E-state index contributed by atoms with van der Waals surface area (Å²) in [5.74, 6) is 0.302. The van der Waals surface area contributed by atoms with Gasteiger partial charge in [-0.2, -0.15) is 0 Å². The molecule has 0 radical (unpaired) electrons. The summed E-state index contributed by atoms with van der Waals surface area (Å²) in [6.45, 7) is 6.06. The molecule has 1 heteroatoms. The summed E-state index contributed by atoms with van der Waals surface area (Å²) in [5.41, 5.74) is 1.60. The van der Waals surface area contributed by atoms with Crippen LogP contribution in [0.2, 0.25) is 0 Å². The molecule has 1 rings (SSSR count). The topological polar surface area (TPSA) is 17.1 Å². The summed E-state index contributed by atoms with van der Waals surface area (Å²) in [6, 6.07) is 0. The Bertz CT molecular complexity index is 223. The van der Waals surface area contributed by atoms with Crippen molar-refractivity contribution in [2.24, 2.45) is 5.41 Å². The zero-order valence-electron chi connectivity index (χ0n) is 9.02. The Balaban J connectivity index is 2.66. The summed E-state index contributed by atoms with van der Waals surface area (Å²) in [6.07, 6.45) is 8.05. The van der Waals surface area contributed by atoms with Crippen LogP contribution in [0.25, 0.3) is 0 Å². The van der Waals surface area contributed by atoms with Crippen LogP contribution in [0.15, 0.2) is 11.6 Å². The Morgan fingerprint density at radius 3 is 2.62 bits per heavy atom. The van der Waals surface area contributed by atoms with E-state index in [2.05, 4.69) is 19.9 Å². The average Bonchev–Trinajstić information content (AvgIpc) is 2.04. The first kappa shape index (κ1) is 10.5. The Morgan fingerprint density at radius 1 is 1.46 bits per heavy atom. The molecule has 0 heterocycles. The lowest BCUT2D eigenvalue weighted by atomic mass is 9.75. The van der Waals surface area contributed by atoms with E-state index in [9.17, 15) is 4.79 Å². The predicted octanol–water partition coefficient (Wildman–Crippen LogP) is 3.49. The van der Waals surface area contributed by atoms with Gasteiger partial charge in [-0.15, -0.1) is 0 Å². The molecule has 13 heavy (non-hydrogen) atoms. The normalized spacial score (nSPS) is 18.2. The highest BCUT2D eigenvalue weighted by atomic mass is 16.1. The molecule has 1 aliphatic rings. The van der Waals surface area contributed by atoms with Crippen LogP contribution in [-0.2, 0) is 4.79 Å². The number of carbonyl (C=O) groups is 1. The molecular weight excluding hydrogens is 160 g/mol. The minimum Gasteiger partial charge on any atom is -0.300 e. The van der Waals surface area contributed by atoms with Crippen LogP contribution in [0, 0.1) is 5.41 Å². The maximum Gasteiger partial charge on any atom is 0.130 e. The molecule has 0 aromatic carbocycles. The monoisotopic (exact) mass is 180 g/mol. The van der Waals surface area contributed by atoms with Crippen molar-refractivity contribution in [1.82, 2.24) is 0 Å². The van der Waals surface area contributed by atoms with Crippen molar-refractivity contribution in [3.05, 3.63) is 11.6 Å². The first-order chi connectivity index (χ1) is 6.02. The van der Waals surface area contributed by atoms with Crippen molar-refractivity contribution >= 4 is 5.78 Å². The number of hydrogen-bond acceptors (Lipinski definition) is 1. The third kappa shape index (κ3) is 2.98. The van der Waals surface area contributed by atoms with Gasteiger partial charge in [0.05, 0.1) is 0 Å². The summed E-state index contributed by atoms with van der Waals surface area (Å²) >= 11 is 0. The first-order valence-corrected chi connectivity index (χ1v) is 5.21. The van der Waals surface area contributed by atoms with Crippen molar-refractivity contribution in [2.75, 3.05) is 0 Å². The van der Waals surface area contributed by atoms with Crippen LogP contribution in [0.5, 0.6) is 0 Å². The van der Waals surface area contributed by atoms with E-state index in [0.717, 1.165) is 0 Å². The number of ketones is 1. The predicted molar refractivity (Wildman–Crippen MR) is 55.6 cm³/mol. The lowest BCUT2D eigenvalue weighted by molar-refractivity contribution is -0.118. The van der Waals surface area contributed by atoms with E-state index in [1.165, 1.54) is 31.3 Å². The molecule has 0 N–H and O–H groups in total. The Labute approximate surface area is 81.2 Å². The fourth-order valence-corrected chi connectivity index (χ4v) is 2.19. The highest BCUT2D eigenvalue weighted by Gasteiger charge is 2.25. The van der Waals surface area contributed by atoms with Gasteiger partial charge in [-0.05, 0) is 38.0 Å². The maximum absolute atomic E-state index is 11.1. The van der Waals surface area contributed by atoms with Gasteiger partial charge < -0.3 is 0 Å². The van der Waals surface area contributed by atoms with Gasteiger partial charge in [-0.25, -0.2) is 0 Å². The lowest BCUT2D eigenvalue weighted by Crippen LogP contribution is -2.19. The molecule has 74 valence electrons. The summed E-state index contributed by atoms with van der Waals surface area (Å²) in [5, 5.41) is 0. The molecule has 0 aliphatic heterocycles. The fraction of sp³-hybridized carbons (Fsp3) is 0.750. The molecule has 0 spiro atoms. The molecular formula is C12H20O. The standard InChI is InChI=1S/C12H20O/c1-10(13)9-12(2,3)11-7-5-4-6-8-11/h7H,4-6,8-9H2,1-3H3. The second-order valence-electron chi connectivity index (χ2n) is 4.74. The molecule has 0 bridgehead atoms. The molecule has 0 unspecified atom stereocenters. The van der Waals surface area contributed by atoms with Crippen LogP contribution < -0.4 is 0 Å². The fourth-order valence-electron chi connectivity index (χ4n) is 2.19. The zero-order valence-corrected chi connectivity index (χ0v) is 9.02. The summed E-state index contributed by atoms with van der Waals surface area (Å²) in [7, 11) is 0. The van der Waals surface area contributed by atoms with Crippen LogP contribution in [-0.4, -0.2) is 5.78 Å². The molecule has 0 aromatic heterocycles. The second-order valence-corrected chi connectivity index (χ2v) is 4.74. The largest absolute Gasteiger partial charge is 0.300 e. The van der Waals surface area contributed by atoms with Crippen LogP contribution in [0.3, 0.4) is 0 Å². The number of allylic oxidation sites excluding steroid dienone is 2. The van der Waals surface area contributed by atoms with Crippen molar-refractivity contribution < 1.29 is 4.79 Å². The number of hydrogen-bond donors (Lipinski definition) is 0.